The van der Waals surface area contributed by atoms with Crippen molar-refractivity contribution in [2.45, 2.75) is 18.0 Å². The van der Waals surface area contributed by atoms with Gasteiger partial charge in [0.1, 0.15) is 5.54 Å². The van der Waals surface area contributed by atoms with Crippen LogP contribution in [-0.2, 0) is 0 Å². The molecule has 96 valence electrons. The maximum atomic E-state index is 11.1. The maximum absolute atomic E-state index is 11.1. The number of likely N-dealkylation sites (N-methyl/N-ethyl adjacent to an activating group) is 1. The lowest BCUT2D eigenvalue weighted by Crippen LogP contribution is -2.56. The van der Waals surface area contributed by atoms with E-state index in [1.165, 1.54) is 6.08 Å². The van der Waals surface area contributed by atoms with Crippen molar-refractivity contribution in [3.8, 4) is 0 Å². The fourth-order valence-corrected chi connectivity index (χ4v) is 1.98. The standard InChI is InChI=1S/C11H20N4O2/c1-13-11(6-7-14(2)3)5-4-9(12)8-10(11)15(16)17/h4-5,8,10,13H,6-7,12H2,1-3H3. The van der Waals surface area contributed by atoms with Crippen LogP contribution in [0.1, 0.15) is 6.42 Å². The summed E-state index contributed by atoms with van der Waals surface area (Å²) in [6, 6.07) is -0.822. The number of nitro groups is 1. The second kappa shape index (κ2) is 5.29. The zero-order valence-corrected chi connectivity index (χ0v) is 10.5. The Labute approximate surface area is 101 Å². The minimum Gasteiger partial charge on any atom is -0.399 e. The predicted molar refractivity (Wildman–Crippen MR) is 67.2 cm³/mol. The Balaban J connectivity index is 2.95. The summed E-state index contributed by atoms with van der Waals surface area (Å²) in [6.45, 7) is 0.767. The third-order valence-corrected chi connectivity index (χ3v) is 3.12. The molecule has 2 atom stereocenters. The summed E-state index contributed by atoms with van der Waals surface area (Å²) < 4.78 is 0. The summed E-state index contributed by atoms with van der Waals surface area (Å²) in [6.07, 6.45) is 5.69. The van der Waals surface area contributed by atoms with Crippen molar-refractivity contribution in [3.05, 3.63) is 34.0 Å². The van der Waals surface area contributed by atoms with E-state index < -0.39 is 11.6 Å². The average molecular weight is 240 g/mol. The lowest BCUT2D eigenvalue weighted by molar-refractivity contribution is -0.519. The van der Waals surface area contributed by atoms with E-state index in [9.17, 15) is 10.1 Å². The zero-order valence-electron chi connectivity index (χ0n) is 10.5. The van der Waals surface area contributed by atoms with Crippen molar-refractivity contribution in [2.75, 3.05) is 27.7 Å². The van der Waals surface area contributed by atoms with Crippen LogP contribution in [0.5, 0.6) is 0 Å². The van der Waals surface area contributed by atoms with Crippen LogP contribution in [0, 0.1) is 10.1 Å². The van der Waals surface area contributed by atoms with Crippen LogP contribution >= 0.6 is 0 Å². The van der Waals surface area contributed by atoms with Gasteiger partial charge in [0.2, 0.25) is 0 Å². The SMILES string of the molecule is CNC1(CCN(C)C)C=CC(N)=CC1[N+](=O)[O-]. The van der Waals surface area contributed by atoms with E-state index in [0.29, 0.717) is 12.1 Å². The zero-order chi connectivity index (χ0) is 13.1. The number of hydrogen-bond donors (Lipinski definition) is 2. The third kappa shape index (κ3) is 3.04. The summed E-state index contributed by atoms with van der Waals surface area (Å²) >= 11 is 0. The molecule has 1 aliphatic carbocycles. The second-order valence-corrected chi connectivity index (χ2v) is 4.57. The first-order valence-corrected chi connectivity index (χ1v) is 5.55. The molecule has 0 amide bonds. The highest BCUT2D eigenvalue weighted by atomic mass is 16.6. The number of hydrogen-bond acceptors (Lipinski definition) is 5. The van der Waals surface area contributed by atoms with Crippen LogP contribution in [0.3, 0.4) is 0 Å². The molecule has 0 bridgehead atoms. The van der Waals surface area contributed by atoms with Gasteiger partial charge < -0.3 is 16.0 Å². The van der Waals surface area contributed by atoms with Gasteiger partial charge in [-0.05, 0) is 40.2 Å². The molecule has 0 aromatic heterocycles. The van der Waals surface area contributed by atoms with Crippen LogP contribution in [0.2, 0.25) is 0 Å². The first kappa shape index (κ1) is 13.7. The van der Waals surface area contributed by atoms with Crippen molar-refractivity contribution in [1.29, 1.82) is 0 Å². The second-order valence-electron chi connectivity index (χ2n) is 4.57. The van der Waals surface area contributed by atoms with Gasteiger partial charge in [-0.15, -0.1) is 0 Å². The maximum Gasteiger partial charge on any atom is 0.254 e. The minimum absolute atomic E-state index is 0.289. The molecule has 1 aliphatic rings. The van der Waals surface area contributed by atoms with E-state index in [1.807, 2.05) is 19.0 Å². The van der Waals surface area contributed by atoms with Crippen molar-refractivity contribution in [2.24, 2.45) is 5.73 Å². The number of nitrogens with one attached hydrogen (secondary N) is 1. The van der Waals surface area contributed by atoms with Gasteiger partial charge in [0.25, 0.3) is 6.04 Å². The van der Waals surface area contributed by atoms with E-state index >= 15 is 0 Å². The highest BCUT2D eigenvalue weighted by molar-refractivity contribution is 5.31. The lowest BCUT2D eigenvalue weighted by Gasteiger charge is -2.34. The van der Waals surface area contributed by atoms with Crippen molar-refractivity contribution in [3.63, 3.8) is 0 Å². The lowest BCUT2D eigenvalue weighted by atomic mass is 9.82. The molecule has 17 heavy (non-hydrogen) atoms. The largest absolute Gasteiger partial charge is 0.399 e. The molecule has 2 unspecified atom stereocenters. The van der Waals surface area contributed by atoms with Gasteiger partial charge in [0.05, 0.1) is 0 Å². The first-order chi connectivity index (χ1) is 7.91. The summed E-state index contributed by atoms with van der Waals surface area (Å²) in [7, 11) is 5.63. The predicted octanol–water partition coefficient (Wildman–Crippen LogP) is -0.0460. The molecular weight excluding hydrogens is 220 g/mol. The van der Waals surface area contributed by atoms with Crippen LogP contribution in [0.25, 0.3) is 0 Å². The molecule has 0 saturated carbocycles. The molecule has 0 spiro atoms. The van der Waals surface area contributed by atoms with Crippen molar-refractivity contribution < 1.29 is 4.92 Å². The third-order valence-electron chi connectivity index (χ3n) is 3.12. The van der Waals surface area contributed by atoms with E-state index in [2.05, 4.69) is 5.32 Å². The van der Waals surface area contributed by atoms with Crippen molar-refractivity contribution >= 4 is 0 Å². The van der Waals surface area contributed by atoms with Gasteiger partial charge in [-0.25, -0.2) is 0 Å². The Kier molecular flexibility index (Phi) is 4.25. The fourth-order valence-electron chi connectivity index (χ4n) is 1.98. The summed E-state index contributed by atoms with van der Waals surface area (Å²) in [5, 5.41) is 14.2. The van der Waals surface area contributed by atoms with E-state index in [4.69, 9.17) is 5.73 Å². The monoisotopic (exact) mass is 240 g/mol. The summed E-state index contributed by atoms with van der Waals surface area (Å²) in [5.41, 5.74) is 5.42. The van der Waals surface area contributed by atoms with Crippen molar-refractivity contribution in [1.82, 2.24) is 10.2 Å². The first-order valence-electron chi connectivity index (χ1n) is 5.55. The normalized spacial score (nSPS) is 28.2. The Morgan fingerprint density at radius 3 is 2.76 bits per heavy atom. The molecule has 0 aromatic carbocycles. The molecule has 6 nitrogen and oxygen atoms in total. The van der Waals surface area contributed by atoms with E-state index in [-0.39, 0.29) is 4.92 Å². The number of allylic oxidation sites excluding steroid dienone is 1. The molecule has 0 heterocycles. The van der Waals surface area contributed by atoms with Gasteiger partial charge in [0.15, 0.2) is 0 Å². The van der Waals surface area contributed by atoms with Gasteiger partial charge >= 0.3 is 0 Å². The number of rotatable bonds is 5. The molecule has 0 aliphatic heterocycles. The molecule has 6 heteroatoms. The van der Waals surface area contributed by atoms with Crippen LogP contribution < -0.4 is 11.1 Å². The summed E-state index contributed by atoms with van der Waals surface area (Å²) in [4.78, 5) is 12.9. The topological polar surface area (TPSA) is 84.4 Å². The molecule has 1 rings (SSSR count). The van der Waals surface area contributed by atoms with E-state index in [1.54, 1.807) is 19.2 Å². The van der Waals surface area contributed by atoms with Gasteiger partial charge in [-0.2, -0.15) is 0 Å². The Hall–Kier alpha value is -1.40. The molecular formula is C11H20N4O2. The molecule has 0 fully saturated rings. The van der Waals surface area contributed by atoms with Crippen LogP contribution in [0.15, 0.2) is 23.9 Å². The Bertz CT molecular complexity index is 351. The minimum atomic E-state index is -0.822. The fraction of sp³-hybridized carbons (Fsp3) is 0.636. The van der Waals surface area contributed by atoms with Gasteiger partial charge in [-0.1, -0.05) is 6.08 Å². The molecule has 0 saturated heterocycles. The highest BCUT2D eigenvalue weighted by Gasteiger charge is 2.43. The van der Waals surface area contributed by atoms with Gasteiger partial charge in [0, 0.05) is 16.7 Å². The van der Waals surface area contributed by atoms with Gasteiger partial charge in [-0.3, -0.25) is 10.1 Å². The Morgan fingerprint density at radius 2 is 2.29 bits per heavy atom. The smallest absolute Gasteiger partial charge is 0.254 e. The molecule has 0 aromatic rings. The highest BCUT2D eigenvalue weighted by Crippen LogP contribution is 2.25. The number of nitrogens with two attached hydrogens (primary N) is 1. The number of nitrogens with zero attached hydrogens (tertiary/aromatic N) is 2. The molecule has 3 N–H and O–H groups in total. The molecule has 0 radical (unpaired) electrons. The van der Waals surface area contributed by atoms with E-state index in [0.717, 1.165) is 6.54 Å². The quantitative estimate of drug-likeness (QED) is 0.520. The average Bonchev–Trinajstić information content (AvgIpc) is 2.27. The Morgan fingerprint density at radius 1 is 1.65 bits per heavy atom. The van der Waals surface area contributed by atoms with Crippen LogP contribution in [0.4, 0.5) is 0 Å². The van der Waals surface area contributed by atoms with Crippen LogP contribution in [-0.4, -0.2) is 49.1 Å². The summed E-state index contributed by atoms with van der Waals surface area (Å²) in [5.74, 6) is 0.